The number of azide groups is 1. The van der Waals surface area contributed by atoms with Crippen LogP contribution in [0.25, 0.3) is 10.4 Å². The molecule has 0 aliphatic carbocycles. The number of carbonyl (C=O) groups is 1. The minimum absolute atomic E-state index is 0.00403. The quantitative estimate of drug-likeness (QED) is 0.0953. The predicted molar refractivity (Wildman–Crippen MR) is 156 cm³/mol. The van der Waals surface area contributed by atoms with Gasteiger partial charge in [-0.1, -0.05) is 95.7 Å². The number of rotatable bonds is 14. The zero-order chi connectivity index (χ0) is 28.9. The molecule has 0 N–H and O–H groups in total. The highest BCUT2D eigenvalue weighted by molar-refractivity contribution is 7.99. The molecule has 1 fully saturated rings. The molecule has 6 atom stereocenters. The SMILES string of the molecule is CC(=O)O[C@H](CN=[N+]=[N-])CO[C@H]1[C@H](OCc2ccccc2)[C@@H](OCc2ccccc2)[C@H](Sc2ccccc2)O[C@@H]1C. The van der Waals surface area contributed by atoms with Crippen LogP contribution < -0.4 is 0 Å². The van der Waals surface area contributed by atoms with Crippen LogP contribution in [0.2, 0.25) is 0 Å². The monoisotopic (exact) mass is 577 g/mol. The number of nitrogens with zero attached hydrogens (tertiary/aromatic N) is 3. The van der Waals surface area contributed by atoms with Crippen molar-refractivity contribution >= 4 is 17.7 Å². The van der Waals surface area contributed by atoms with Crippen LogP contribution in [-0.2, 0) is 41.7 Å². The molecule has 1 aliphatic rings. The molecule has 3 aromatic carbocycles. The van der Waals surface area contributed by atoms with Crippen LogP contribution in [0.1, 0.15) is 25.0 Å². The second-order valence-electron chi connectivity index (χ2n) is 9.61. The van der Waals surface area contributed by atoms with Gasteiger partial charge in [0, 0.05) is 16.7 Å². The highest BCUT2D eigenvalue weighted by atomic mass is 32.2. The van der Waals surface area contributed by atoms with E-state index in [9.17, 15) is 4.79 Å². The number of thioether (sulfide) groups is 1. The van der Waals surface area contributed by atoms with Crippen molar-refractivity contribution in [2.45, 2.75) is 67.9 Å². The average Bonchev–Trinajstić information content (AvgIpc) is 2.99. The second kappa shape index (κ2) is 16.2. The van der Waals surface area contributed by atoms with E-state index in [1.807, 2.05) is 97.9 Å². The Balaban J connectivity index is 1.60. The molecule has 0 radical (unpaired) electrons. The van der Waals surface area contributed by atoms with Gasteiger partial charge in [0.15, 0.2) is 0 Å². The summed E-state index contributed by atoms with van der Waals surface area (Å²) < 4.78 is 31.3. The Morgan fingerprint density at radius 2 is 1.44 bits per heavy atom. The summed E-state index contributed by atoms with van der Waals surface area (Å²) in [6, 6.07) is 29.9. The predicted octanol–water partition coefficient (Wildman–Crippen LogP) is 6.32. The molecule has 0 unspecified atom stereocenters. The summed E-state index contributed by atoms with van der Waals surface area (Å²) in [4.78, 5) is 15.5. The zero-order valence-corrected chi connectivity index (χ0v) is 24.0. The summed E-state index contributed by atoms with van der Waals surface area (Å²) in [6.07, 6.45) is -2.72. The Morgan fingerprint density at radius 1 is 0.878 bits per heavy atom. The molecule has 1 saturated heterocycles. The van der Waals surface area contributed by atoms with E-state index in [4.69, 9.17) is 29.2 Å². The molecule has 1 heterocycles. The number of benzene rings is 3. The summed E-state index contributed by atoms with van der Waals surface area (Å²) >= 11 is 1.58. The van der Waals surface area contributed by atoms with Crippen molar-refractivity contribution in [3.63, 3.8) is 0 Å². The zero-order valence-electron chi connectivity index (χ0n) is 23.2. The Kier molecular flexibility index (Phi) is 12.1. The van der Waals surface area contributed by atoms with Crippen LogP contribution in [0.4, 0.5) is 0 Å². The molecule has 216 valence electrons. The van der Waals surface area contributed by atoms with Gasteiger partial charge in [-0.25, -0.2) is 0 Å². The minimum atomic E-state index is -0.745. The van der Waals surface area contributed by atoms with E-state index in [2.05, 4.69) is 10.0 Å². The molecule has 0 spiro atoms. The van der Waals surface area contributed by atoms with Crippen LogP contribution in [0.3, 0.4) is 0 Å². The minimum Gasteiger partial charge on any atom is -0.460 e. The first kappa shape index (κ1) is 30.6. The summed E-state index contributed by atoms with van der Waals surface area (Å²) in [6.45, 7) is 3.90. The van der Waals surface area contributed by atoms with Gasteiger partial charge in [0.05, 0.1) is 32.5 Å². The van der Waals surface area contributed by atoms with E-state index in [0.717, 1.165) is 16.0 Å². The molecular formula is C31H35N3O6S. The van der Waals surface area contributed by atoms with Gasteiger partial charge >= 0.3 is 5.97 Å². The van der Waals surface area contributed by atoms with Gasteiger partial charge in [-0.2, -0.15) is 0 Å². The van der Waals surface area contributed by atoms with Gasteiger partial charge < -0.3 is 23.7 Å². The number of ether oxygens (including phenoxy) is 5. The Bertz CT molecular complexity index is 1240. The van der Waals surface area contributed by atoms with E-state index in [1.165, 1.54) is 6.92 Å². The molecule has 41 heavy (non-hydrogen) atoms. The van der Waals surface area contributed by atoms with Crippen LogP contribution in [0.15, 0.2) is 101 Å². The fourth-order valence-electron chi connectivity index (χ4n) is 4.53. The maximum atomic E-state index is 11.7. The van der Waals surface area contributed by atoms with Crippen LogP contribution >= 0.6 is 11.8 Å². The van der Waals surface area contributed by atoms with E-state index in [0.29, 0.717) is 13.2 Å². The number of esters is 1. The van der Waals surface area contributed by atoms with Crippen molar-refractivity contribution in [3.05, 3.63) is 113 Å². The standard InChI is InChI=1S/C31H35N3O6S/c1-22-28(38-21-26(18-33-34-32)40-23(2)35)29(36-19-24-12-6-3-7-13-24)30(37-20-25-14-8-4-9-15-25)31(39-22)41-27-16-10-5-11-17-27/h3-17,22,26,28-31H,18-21H2,1-2H3/t22-,26-,28-,29+,30-,31+/m1/s1. The number of hydrogen-bond donors (Lipinski definition) is 0. The van der Waals surface area contributed by atoms with Gasteiger partial charge in [-0.15, -0.1) is 0 Å². The van der Waals surface area contributed by atoms with E-state index in [-0.39, 0.29) is 24.7 Å². The number of hydrogen-bond acceptors (Lipinski definition) is 8. The van der Waals surface area contributed by atoms with Crippen LogP contribution in [0.5, 0.6) is 0 Å². The van der Waals surface area contributed by atoms with Gasteiger partial charge in [-0.3, -0.25) is 4.79 Å². The molecule has 4 rings (SSSR count). The van der Waals surface area contributed by atoms with Gasteiger partial charge in [-0.05, 0) is 35.7 Å². The lowest BCUT2D eigenvalue weighted by atomic mass is 9.99. The van der Waals surface area contributed by atoms with Crippen molar-refractivity contribution in [1.29, 1.82) is 0 Å². The molecule has 1 aliphatic heterocycles. The average molecular weight is 578 g/mol. The highest BCUT2D eigenvalue weighted by Gasteiger charge is 2.47. The van der Waals surface area contributed by atoms with Gasteiger partial charge in [0.1, 0.15) is 29.9 Å². The first-order chi connectivity index (χ1) is 20.0. The largest absolute Gasteiger partial charge is 0.460 e. The lowest BCUT2D eigenvalue weighted by Crippen LogP contribution is -2.59. The summed E-state index contributed by atoms with van der Waals surface area (Å²) in [5.41, 5.74) is 10.4. The molecule has 3 aromatic rings. The topological polar surface area (TPSA) is 112 Å². The third-order valence-electron chi connectivity index (χ3n) is 6.45. The fraction of sp³-hybridized carbons (Fsp3) is 0.387. The number of carbonyl (C=O) groups excluding carboxylic acids is 1. The lowest BCUT2D eigenvalue weighted by molar-refractivity contribution is -0.244. The Labute approximate surface area is 244 Å². The third-order valence-corrected chi connectivity index (χ3v) is 7.60. The van der Waals surface area contributed by atoms with Crippen molar-refractivity contribution < 1.29 is 28.5 Å². The van der Waals surface area contributed by atoms with E-state index in [1.54, 1.807) is 11.8 Å². The maximum Gasteiger partial charge on any atom is 0.302 e. The Morgan fingerprint density at radius 3 is 2.00 bits per heavy atom. The van der Waals surface area contributed by atoms with Crippen molar-refractivity contribution in [2.24, 2.45) is 5.11 Å². The van der Waals surface area contributed by atoms with E-state index < -0.39 is 30.4 Å². The normalized spacial score (nSPS) is 22.8. The van der Waals surface area contributed by atoms with Crippen LogP contribution in [0, 0.1) is 0 Å². The molecule has 0 aromatic heterocycles. The molecular weight excluding hydrogens is 542 g/mol. The molecule has 10 heteroatoms. The Hall–Kier alpha value is -3.37. The summed E-state index contributed by atoms with van der Waals surface area (Å²) in [5, 5.41) is 3.57. The maximum absolute atomic E-state index is 11.7. The van der Waals surface area contributed by atoms with Crippen molar-refractivity contribution in [2.75, 3.05) is 13.2 Å². The first-order valence-corrected chi connectivity index (χ1v) is 14.4. The van der Waals surface area contributed by atoms with E-state index >= 15 is 0 Å². The van der Waals surface area contributed by atoms with Crippen LogP contribution in [-0.4, -0.2) is 55.1 Å². The van der Waals surface area contributed by atoms with Gasteiger partial charge in [0.2, 0.25) is 0 Å². The van der Waals surface area contributed by atoms with Crippen molar-refractivity contribution in [1.82, 2.24) is 0 Å². The summed E-state index contributed by atoms with van der Waals surface area (Å²) in [5.74, 6) is -0.486. The molecule has 0 bridgehead atoms. The molecule has 0 amide bonds. The molecule has 0 saturated carbocycles. The third kappa shape index (κ3) is 9.60. The second-order valence-corrected chi connectivity index (χ2v) is 10.8. The lowest BCUT2D eigenvalue weighted by Gasteiger charge is -2.45. The smallest absolute Gasteiger partial charge is 0.302 e. The highest BCUT2D eigenvalue weighted by Crippen LogP contribution is 2.37. The molecule has 9 nitrogen and oxygen atoms in total. The van der Waals surface area contributed by atoms with Crippen molar-refractivity contribution in [3.8, 4) is 0 Å². The first-order valence-electron chi connectivity index (χ1n) is 13.5. The fourth-order valence-corrected chi connectivity index (χ4v) is 5.72. The summed E-state index contributed by atoms with van der Waals surface area (Å²) in [7, 11) is 0. The van der Waals surface area contributed by atoms with Gasteiger partial charge in [0.25, 0.3) is 0 Å².